The Hall–Kier alpha value is -0.610. The van der Waals surface area contributed by atoms with Crippen molar-refractivity contribution in [3.63, 3.8) is 0 Å². The molecule has 0 aliphatic rings. The van der Waals surface area contributed by atoms with E-state index in [2.05, 4.69) is 0 Å². The zero-order chi connectivity index (χ0) is 7.98. The van der Waals surface area contributed by atoms with Crippen molar-refractivity contribution in [2.24, 2.45) is 5.73 Å². The average molecular weight is 145 g/mol. The Morgan fingerprint density at radius 1 is 1.60 bits per heavy atom. The molecular formula is C6H13N2O2-. The van der Waals surface area contributed by atoms with Crippen molar-refractivity contribution in [1.29, 1.82) is 0 Å². The largest absolute Gasteiger partial charge is 0.756 e. The van der Waals surface area contributed by atoms with Crippen LogP contribution in [-0.2, 0) is 4.79 Å². The normalized spacial score (nSPS) is 9.50. The van der Waals surface area contributed by atoms with Gasteiger partial charge in [0.15, 0.2) is 0 Å². The van der Waals surface area contributed by atoms with Gasteiger partial charge in [0.25, 0.3) is 0 Å². The Balaban J connectivity index is 3.21. The highest BCUT2D eigenvalue weighted by molar-refractivity contribution is 5.73. The summed E-state index contributed by atoms with van der Waals surface area (Å²) < 4.78 is 0. The summed E-state index contributed by atoms with van der Waals surface area (Å²) in [5.74, 6) is -0.433. The minimum atomic E-state index is -0.433. The molecule has 0 aromatic carbocycles. The predicted molar refractivity (Wildman–Crippen MR) is 39.0 cm³/mol. The Kier molecular flexibility index (Phi) is 4.88. The van der Waals surface area contributed by atoms with Gasteiger partial charge in [0.1, 0.15) is 0 Å². The molecule has 0 aliphatic carbocycles. The van der Waals surface area contributed by atoms with Crippen LogP contribution in [0, 0.1) is 5.21 Å². The molecule has 0 aromatic heterocycles. The molecule has 4 heteroatoms. The summed E-state index contributed by atoms with van der Waals surface area (Å²) >= 11 is 0. The number of hydroxylamine groups is 2. The van der Waals surface area contributed by atoms with E-state index in [0.717, 1.165) is 6.42 Å². The number of unbranched alkanes of at least 4 members (excludes halogenated alkanes) is 1. The topological polar surface area (TPSA) is 69.4 Å². The van der Waals surface area contributed by atoms with Crippen molar-refractivity contribution in [2.75, 3.05) is 13.1 Å². The lowest BCUT2D eigenvalue weighted by molar-refractivity contribution is -0.126. The minimum Gasteiger partial charge on any atom is -0.756 e. The van der Waals surface area contributed by atoms with Gasteiger partial charge in [0.05, 0.1) is 0 Å². The molecule has 0 aliphatic heterocycles. The van der Waals surface area contributed by atoms with E-state index in [1.807, 2.05) is 0 Å². The van der Waals surface area contributed by atoms with Gasteiger partial charge in [-0.2, -0.15) is 0 Å². The summed E-state index contributed by atoms with van der Waals surface area (Å²) in [4.78, 5) is 10.3. The summed E-state index contributed by atoms with van der Waals surface area (Å²) in [6, 6.07) is 0. The minimum absolute atomic E-state index is 0.270. The third-order valence-electron chi connectivity index (χ3n) is 1.17. The first kappa shape index (κ1) is 9.39. The lowest BCUT2D eigenvalue weighted by Gasteiger charge is -2.26. The van der Waals surface area contributed by atoms with Crippen LogP contribution in [0.25, 0.3) is 0 Å². The second-order valence-corrected chi connectivity index (χ2v) is 2.12. The fourth-order valence-electron chi connectivity index (χ4n) is 0.557. The molecule has 0 atom stereocenters. The van der Waals surface area contributed by atoms with E-state index < -0.39 is 5.91 Å². The van der Waals surface area contributed by atoms with E-state index in [1.54, 1.807) is 0 Å². The number of hydrogen-bond acceptors (Lipinski definition) is 3. The molecule has 0 radical (unpaired) electrons. The quantitative estimate of drug-likeness (QED) is 0.449. The number of rotatable bonds is 4. The number of amides is 1. The first-order valence-corrected chi connectivity index (χ1v) is 3.33. The summed E-state index contributed by atoms with van der Waals surface area (Å²) in [6.45, 7) is 2.10. The Bertz CT molecular complexity index is 106. The average Bonchev–Trinajstić information content (AvgIpc) is 1.88. The van der Waals surface area contributed by atoms with Crippen LogP contribution in [0.4, 0.5) is 0 Å². The highest BCUT2D eigenvalue weighted by atomic mass is 16.5. The van der Waals surface area contributed by atoms with Crippen LogP contribution in [0.1, 0.15) is 19.8 Å². The van der Waals surface area contributed by atoms with Gasteiger partial charge in [-0.05, 0) is 19.4 Å². The predicted octanol–water partition coefficient (Wildman–Crippen LogP) is 0.0716. The fourth-order valence-corrected chi connectivity index (χ4v) is 0.557. The van der Waals surface area contributed by atoms with E-state index in [4.69, 9.17) is 5.73 Å². The maximum atomic E-state index is 10.5. The number of nitrogens with zero attached hydrogens (tertiary/aromatic N) is 1. The van der Waals surface area contributed by atoms with Gasteiger partial charge >= 0.3 is 0 Å². The zero-order valence-electron chi connectivity index (χ0n) is 6.17. The maximum Gasteiger partial charge on any atom is 0.208 e. The number of nitrogens with two attached hydrogens (primary N) is 1. The van der Waals surface area contributed by atoms with Crippen molar-refractivity contribution in [2.45, 2.75) is 19.8 Å². The van der Waals surface area contributed by atoms with Crippen LogP contribution in [0.3, 0.4) is 0 Å². The summed E-state index contributed by atoms with van der Waals surface area (Å²) in [7, 11) is 0. The van der Waals surface area contributed by atoms with Gasteiger partial charge in [-0.3, -0.25) is 4.79 Å². The second kappa shape index (κ2) is 5.20. The summed E-state index contributed by atoms with van der Waals surface area (Å²) in [5.41, 5.74) is 5.19. The van der Waals surface area contributed by atoms with Gasteiger partial charge in [-0.25, -0.2) is 0 Å². The molecule has 0 saturated carbocycles. The molecule has 0 rings (SSSR count). The van der Waals surface area contributed by atoms with E-state index in [-0.39, 0.29) is 6.54 Å². The Morgan fingerprint density at radius 2 is 2.20 bits per heavy atom. The third-order valence-corrected chi connectivity index (χ3v) is 1.17. The molecule has 1 amide bonds. The van der Waals surface area contributed by atoms with Gasteiger partial charge in [-0.1, -0.05) is 0 Å². The number of hydrogen-bond donors (Lipinski definition) is 1. The van der Waals surface area contributed by atoms with E-state index in [0.29, 0.717) is 18.0 Å². The first-order valence-electron chi connectivity index (χ1n) is 3.33. The van der Waals surface area contributed by atoms with Crippen molar-refractivity contribution in [1.82, 2.24) is 5.06 Å². The van der Waals surface area contributed by atoms with Crippen molar-refractivity contribution in [3.8, 4) is 0 Å². The second-order valence-electron chi connectivity index (χ2n) is 2.12. The van der Waals surface area contributed by atoms with E-state index >= 15 is 0 Å². The van der Waals surface area contributed by atoms with Crippen LogP contribution >= 0.6 is 0 Å². The number of carbonyl (C=O) groups excluding carboxylic acids is 1. The van der Waals surface area contributed by atoms with Gasteiger partial charge < -0.3 is 16.0 Å². The summed E-state index contributed by atoms with van der Waals surface area (Å²) in [6.07, 6.45) is 1.49. The molecule has 60 valence electrons. The van der Waals surface area contributed by atoms with Crippen LogP contribution in [0.2, 0.25) is 0 Å². The molecule has 0 spiro atoms. The van der Waals surface area contributed by atoms with Crippen LogP contribution < -0.4 is 5.73 Å². The SMILES string of the molecule is CC(=O)N([O-])CCCCN. The highest BCUT2D eigenvalue weighted by Crippen LogP contribution is 1.91. The van der Waals surface area contributed by atoms with Gasteiger partial charge in [0.2, 0.25) is 5.91 Å². The van der Waals surface area contributed by atoms with Crippen molar-refractivity contribution in [3.05, 3.63) is 5.21 Å². The van der Waals surface area contributed by atoms with Crippen LogP contribution in [0.15, 0.2) is 0 Å². The molecule has 10 heavy (non-hydrogen) atoms. The fraction of sp³-hybridized carbons (Fsp3) is 0.833. The van der Waals surface area contributed by atoms with Gasteiger partial charge in [-0.15, -0.1) is 0 Å². The molecule has 0 fully saturated rings. The van der Waals surface area contributed by atoms with Crippen LogP contribution in [-0.4, -0.2) is 24.1 Å². The molecule has 4 nitrogen and oxygen atoms in total. The maximum absolute atomic E-state index is 10.5. The first-order chi connectivity index (χ1) is 4.68. The van der Waals surface area contributed by atoms with Crippen molar-refractivity contribution < 1.29 is 4.79 Å². The van der Waals surface area contributed by atoms with E-state index in [1.165, 1.54) is 6.92 Å². The zero-order valence-corrected chi connectivity index (χ0v) is 6.17. The lowest BCUT2D eigenvalue weighted by atomic mass is 10.3. The summed E-state index contributed by atoms with van der Waals surface area (Å²) in [5, 5.41) is 11.0. The molecule has 0 bridgehead atoms. The smallest absolute Gasteiger partial charge is 0.208 e. The molecule has 2 N–H and O–H groups in total. The van der Waals surface area contributed by atoms with E-state index in [9.17, 15) is 10.0 Å². The standard InChI is InChI=1S/C6H13N2O2/c1-6(9)8(10)5-3-2-4-7/h2-5,7H2,1H3/q-1. The van der Waals surface area contributed by atoms with Crippen molar-refractivity contribution >= 4 is 5.91 Å². The molecule has 0 unspecified atom stereocenters. The lowest BCUT2D eigenvalue weighted by Crippen LogP contribution is -2.23. The van der Waals surface area contributed by atoms with Gasteiger partial charge in [0, 0.05) is 13.5 Å². The molecular weight excluding hydrogens is 132 g/mol. The highest BCUT2D eigenvalue weighted by Gasteiger charge is 1.93. The Morgan fingerprint density at radius 3 is 2.60 bits per heavy atom. The monoisotopic (exact) mass is 145 g/mol. The Labute approximate surface area is 60.6 Å². The molecule has 0 aromatic rings. The third kappa shape index (κ3) is 4.29. The molecule has 0 heterocycles. The number of carbonyl (C=O) groups is 1. The molecule has 0 saturated heterocycles. The van der Waals surface area contributed by atoms with Crippen LogP contribution in [0.5, 0.6) is 0 Å².